The highest BCUT2D eigenvalue weighted by atomic mass is 16.5. The van der Waals surface area contributed by atoms with Crippen LogP contribution in [-0.4, -0.2) is 82.9 Å². The molecule has 1 fully saturated rings. The van der Waals surface area contributed by atoms with Crippen LogP contribution in [0.3, 0.4) is 0 Å². The Kier molecular flexibility index (Phi) is 8.88. The molecule has 0 aliphatic carbocycles. The Morgan fingerprint density at radius 1 is 0.829 bits per heavy atom. The van der Waals surface area contributed by atoms with E-state index in [0.29, 0.717) is 24.4 Å². The van der Waals surface area contributed by atoms with Crippen molar-refractivity contribution in [3.8, 4) is 23.0 Å². The number of carbonyl (C=O) groups is 1. The van der Waals surface area contributed by atoms with Crippen molar-refractivity contribution in [1.82, 2.24) is 14.7 Å². The minimum Gasteiger partial charge on any atom is -0.493 e. The van der Waals surface area contributed by atoms with Gasteiger partial charge in [-0.05, 0) is 90.5 Å². The van der Waals surface area contributed by atoms with E-state index in [1.54, 1.807) is 33.3 Å². The second-order valence-electron chi connectivity index (χ2n) is 12.0. The molecule has 8 heteroatoms. The number of ether oxygens (including phenoxy) is 4. The van der Waals surface area contributed by atoms with Gasteiger partial charge < -0.3 is 28.7 Å². The SMILES string of the molecule is CCC[C@H]1CN2CCc3cc(OC)c(OC)cc3[C@@H]2C[C@@H]1C[C@@H]1c2cc(OC)c(OC)cc2CCN1C(=O)N(C)C. The van der Waals surface area contributed by atoms with Crippen molar-refractivity contribution in [2.24, 2.45) is 11.8 Å². The van der Waals surface area contributed by atoms with Gasteiger partial charge in [0.25, 0.3) is 0 Å². The first-order valence-electron chi connectivity index (χ1n) is 15.0. The number of benzene rings is 2. The maximum atomic E-state index is 13.5. The van der Waals surface area contributed by atoms with Crippen molar-refractivity contribution in [1.29, 1.82) is 0 Å². The first kappa shape index (κ1) is 29.4. The van der Waals surface area contributed by atoms with Crippen LogP contribution in [0.1, 0.15) is 66.9 Å². The van der Waals surface area contributed by atoms with Crippen molar-refractivity contribution >= 4 is 6.03 Å². The van der Waals surface area contributed by atoms with Crippen molar-refractivity contribution in [2.45, 2.75) is 57.5 Å². The summed E-state index contributed by atoms with van der Waals surface area (Å²) in [5.74, 6) is 4.12. The number of rotatable bonds is 8. The van der Waals surface area contributed by atoms with Gasteiger partial charge in [0.05, 0.1) is 34.5 Å². The Balaban J connectivity index is 1.52. The van der Waals surface area contributed by atoms with Gasteiger partial charge in [-0.1, -0.05) is 13.3 Å². The molecule has 0 unspecified atom stereocenters. The molecule has 4 atom stereocenters. The van der Waals surface area contributed by atoms with Crippen molar-refractivity contribution in [3.05, 3.63) is 46.5 Å². The monoisotopic (exact) mass is 565 g/mol. The third-order valence-electron chi connectivity index (χ3n) is 9.59. The van der Waals surface area contributed by atoms with Gasteiger partial charge in [-0.15, -0.1) is 0 Å². The summed E-state index contributed by atoms with van der Waals surface area (Å²) in [7, 11) is 10.5. The van der Waals surface area contributed by atoms with Crippen molar-refractivity contribution in [3.63, 3.8) is 0 Å². The van der Waals surface area contributed by atoms with E-state index in [1.165, 1.54) is 28.7 Å². The molecule has 5 rings (SSSR count). The molecule has 0 spiro atoms. The van der Waals surface area contributed by atoms with E-state index in [2.05, 4.69) is 41.0 Å². The fraction of sp³-hybridized carbons (Fsp3) is 0.606. The molecular formula is C33H47N3O5. The average Bonchev–Trinajstić information content (AvgIpc) is 2.99. The average molecular weight is 566 g/mol. The summed E-state index contributed by atoms with van der Waals surface area (Å²) in [4.78, 5) is 20.0. The van der Waals surface area contributed by atoms with Crippen LogP contribution in [0.5, 0.6) is 23.0 Å². The lowest BCUT2D eigenvalue weighted by Crippen LogP contribution is -2.49. The molecule has 0 N–H and O–H groups in total. The van der Waals surface area contributed by atoms with Crippen LogP contribution in [0.2, 0.25) is 0 Å². The highest BCUT2D eigenvalue weighted by Crippen LogP contribution is 2.49. The summed E-state index contributed by atoms with van der Waals surface area (Å²) < 4.78 is 22.7. The number of amides is 2. The number of fused-ring (bicyclic) bond motifs is 4. The topological polar surface area (TPSA) is 63.7 Å². The standard InChI is InChI=1S/C33H47N3O5/c1-8-9-23-20-35-12-10-21-16-29(38-4)31(40-6)18-25(21)27(35)14-24(23)15-28-26-19-32(41-7)30(39-5)17-22(26)11-13-36(28)33(37)34(2)3/h16-19,23-24,27-28H,8-15,20H2,1-7H3/t23-,24+,27-,28+/m0/s1. The first-order valence-corrected chi connectivity index (χ1v) is 15.0. The Hall–Kier alpha value is -3.13. The number of methoxy groups -OCH3 is 4. The van der Waals surface area contributed by atoms with Gasteiger partial charge in [-0.3, -0.25) is 4.90 Å². The minimum atomic E-state index is -0.0159. The zero-order chi connectivity index (χ0) is 29.3. The molecule has 3 aliphatic rings. The van der Waals surface area contributed by atoms with Crippen LogP contribution in [0.4, 0.5) is 4.79 Å². The fourth-order valence-corrected chi connectivity index (χ4v) is 7.55. The predicted molar refractivity (Wildman–Crippen MR) is 160 cm³/mol. The number of urea groups is 1. The summed E-state index contributed by atoms with van der Waals surface area (Å²) in [6, 6.07) is 9.00. The lowest BCUT2D eigenvalue weighted by atomic mass is 9.71. The number of hydrogen-bond acceptors (Lipinski definition) is 6. The van der Waals surface area contributed by atoms with Gasteiger partial charge in [-0.25, -0.2) is 4.79 Å². The molecule has 8 nitrogen and oxygen atoms in total. The molecular weight excluding hydrogens is 518 g/mol. The molecule has 3 heterocycles. The third kappa shape index (κ3) is 5.55. The fourth-order valence-electron chi connectivity index (χ4n) is 7.55. The maximum Gasteiger partial charge on any atom is 0.320 e. The third-order valence-corrected chi connectivity index (χ3v) is 9.59. The van der Waals surface area contributed by atoms with Crippen molar-refractivity contribution < 1.29 is 23.7 Å². The highest BCUT2D eigenvalue weighted by Gasteiger charge is 2.42. The van der Waals surface area contributed by atoms with Crippen LogP contribution in [0.25, 0.3) is 0 Å². The molecule has 2 aromatic carbocycles. The van der Waals surface area contributed by atoms with E-state index < -0.39 is 0 Å². The van der Waals surface area contributed by atoms with E-state index in [-0.39, 0.29) is 12.1 Å². The van der Waals surface area contributed by atoms with E-state index >= 15 is 0 Å². The van der Waals surface area contributed by atoms with E-state index in [1.807, 2.05) is 14.1 Å². The summed E-state index contributed by atoms with van der Waals surface area (Å²) in [5.41, 5.74) is 5.17. The second kappa shape index (κ2) is 12.4. The lowest BCUT2D eigenvalue weighted by molar-refractivity contribution is 0.0315. The molecule has 1 saturated heterocycles. The normalized spacial score (nSPS) is 23.6. The quantitative estimate of drug-likeness (QED) is 0.408. The maximum absolute atomic E-state index is 13.5. The molecule has 2 amide bonds. The number of carbonyl (C=O) groups excluding carboxylic acids is 1. The Morgan fingerprint density at radius 2 is 1.39 bits per heavy atom. The number of hydrogen-bond donors (Lipinski definition) is 0. The first-order chi connectivity index (χ1) is 19.8. The van der Waals surface area contributed by atoms with Crippen LogP contribution in [0.15, 0.2) is 24.3 Å². The zero-order valence-corrected chi connectivity index (χ0v) is 25.9. The van der Waals surface area contributed by atoms with Gasteiger partial charge in [0, 0.05) is 39.8 Å². The Bertz CT molecular complexity index is 1250. The molecule has 0 bridgehead atoms. The van der Waals surface area contributed by atoms with Crippen LogP contribution in [0, 0.1) is 11.8 Å². The summed E-state index contributed by atoms with van der Waals surface area (Å²) >= 11 is 0. The summed E-state index contributed by atoms with van der Waals surface area (Å²) in [6.07, 6.45) is 6.18. The highest BCUT2D eigenvalue weighted by molar-refractivity contribution is 5.75. The predicted octanol–water partition coefficient (Wildman–Crippen LogP) is 5.73. The number of piperidine rings is 1. The van der Waals surface area contributed by atoms with Gasteiger partial charge >= 0.3 is 6.03 Å². The zero-order valence-electron chi connectivity index (χ0n) is 25.9. The van der Waals surface area contributed by atoms with Gasteiger partial charge in [0.15, 0.2) is 23.0 Å². The summed E-state index contributed by atoms with van der Waals surface area (Å²) in [5, 5.41) is 0. The van der Waals surface area contributed by atoms with Gasteiger partial charge in [0.1, 0.15) is 0 Å². The molecule has 224 valence electrons. The summed E-state index contributed by atoms with van der Waals surface area (Å²) in [6.45, 7) is 5.14. The molecule has 3 aliphatic heterocycles. The molecule has 41 heavy (non-hydrogen) atoms. The van der Waals surface area contributed by atoms with E-state index in [0.717, 1.165) is 68.2 Å². The second-order valence-corrected chi connectivity index (χ2v) is 12.0. The Labute approximate surface area is 245 Å². The number of nitrogens with zero attached hydrogens (tertiary/aromatic N) is 3. The molecule has 0 aromatic heterocycles. The Morgan fingerprint density at radius 3 is 1.98 bits per heavy atom. The lowest BCUT2D eigenvalue weighted by Gasteiger charge is -2.49. The molecule has 2 aromatic rings. The largest absolute Gasteiger partial charge is 0.493 e. The minimum absolute atomic E-state index is 0.0159. The van der Waals surface area contributed by atoms with Crippen LogP contribution >= 0.6 is 0 Å². The van der Waals surface area contributed by atoms with Crippen molar-refractivity contribution in [2.75, 3.05) is 62.2 Å². The van der Waals surface area contributed by atoms with Gasteiger partial charge in [0.2, 0.25) is 0 Å². The van der Waals surface area contributed by atoms with E-state index in [4.69, 9.17) is 18.9 Å². The molecule has 0 saturated carbocycles. The van der Waals surface area contributed by atoms with Gasteiger partial charge in [-0.2, -0.15) is 0 Å². The van der Waals surface area contributed by atoms with Crippen LogP contribution in [-0.2, 0) is 12.8 Å². The van der Waals surface area contributed by atoms with E-state index in [9.17, 15) is 4.79 Å². The molecule has 0 radical (unpaired) electrons. The smallest absolute Gasteiger partial charge is 0.320 e. The van der Waals surface area contributed by atoms with Crippen LogP contribution < -0.4 is 18.9 Å².